The van der Waals surface area contributed by atoms with Crippen molar-refractivity contribution in [2.24, 2.45) is 5.92 Å². The molecule has 0 spiro atoms. The van der Waals surface area contributed by atoms with Crippen LogP contribution < -0.4 is 4.72 Å². The first kappa shape index (κ1) is 14.4. The number of halogens is 1. The molecule has 1 aliphatic rings. The Hall–Kier alpha value is -1.04. The number of aromatic hydroxyl groups is 1. The zero-order chi connectivity index (χ0) is 14.0. The Bertz CT molecular complexity index is 582. The van der Waals surface area contributed by atoms with Crippen LogP contribution in [0.3, 0.4) is 0 Å². The van der Waals surface area contributed by atoms with Crippen molar-refractivity contribution in [2.75, 3.05) is 0 Å². The lowest BCUT2D eigenvalue weighted by Crippen LogP contribution is -2.41. The zero-order valence-corrected chi connectivity index (χ0v) is 11.9. The summed E-state index contributed by atoms with van der Waals surface area (Å²) in [4.78, 5) is -0.203. The molecule has 0 saturated heterocycles. The molecule has 2 N–H and O–H groups in total. The molecule has 0 radical (unpaired) electrons. The first-order valence-corrected chi connectivity index (χ1v) is 7.94. The Balaban J connectivity index is 2.26. The average molecular weight is 302 g/mol. The van der Waals surface area contributed by atoms with E-state index in [9.17, 15) is 13.5 Å². The van der Waals surface area contributed by atoms with E-state index >= 15 is 0 Å². The Morgan fingerprint density at radius 2 is 2.16 bits per heavy atom. The maximum atomic E-state index is 12.2. The molecule has 0 aromatic heterocycles. The Morgan fingerprint density at radius 1 is 1.47 bits per heavy atom. The minimum atomic E-state index is -3.80. The predicted octanol–water partition coefficient (Wildman–Crippen LogP) is 2.68. The van der Waals surface area contributed by atoms with Crippen LogP contribution >= 0.6 is 11.6 Å². The van der Waals surface area contributed by atoms with Gasteiger partial charge in [0.25, 0.3) is 0 Å². The monoisotopic (exact) mass is 301 g/mol. The molecule has 1 unspecified atom stereocenters. The van der Waals surface area contributed by atoms with Crippen molar-refractivity contribution in [2.45, 2.75) is 30.2 Å². The van der Waals surface area contributed by atoms with Gasteiger partial charge in [-0.15, -0.1) is 6.58 Å². The van der Waals surface area contributed by atoms with Crippen LogP contribution in [-0.2, 0) is 10.0 Å². The van der Waals surface area contributed by atoms with Crippen LogP contribution in [0.2, 0.25) is 5.02 Å². The molecule has 1 fully saturated rings. The summed E-state index contributed by atoms with van der Waals surface area (Å²) in [5.41, 5.74) is 0. The van der Waals surface area contributed by atoms with Crippen molar-refractivity contribution in [3.63, 3.8) is 0 Å². The van der Waals surface area contributed by atoms with Crippen LogP contribution in [0.15, 0.2) is 35.7 Å². The first-order chi connectivity index (χ1) is 8.95. The van der Waals surface area contributed by atoms with Crippen molar-refractivity contribution < 1.29 is 13.5 Å². The van der Waals surface area contributed by atoms with Crippen molar-refractivity contribution in [3.8, 4) is 5.75 Å². The Labute approximate surface area is 118 Å². The van der Waals surface area contributed by atoms with Crippen molar-refractivity contribution in [1.82, 2.24) is 4.72 Å². The van der Waals surface area contributed by atoms with E-state index in [0.29, 0.717) is 0 Å². The highest BCUT2D eigenvalue weighted by atomic mass is 35.5. The van der Waals surface area contributed by atoms with E-state index in [2.05, 4.69) is 11.3 Å². The SMILES string of the molecule is C=CC(NS(=O)(=O)c1cccc(Cl)c1O)C1CCC1. The molecule has 1 saturated carbocycles. The molecule has 104 valence electrons. The fourth-order valence-electron chi connectivity index (χ4n) is 2.09. The fraction of sp³-hybridized carbons (Fsp3) is 0.385. The highest BCUT2D eigenvalue weighted by molar-refractivity contribution is 7.89. The van der Waals surface area contributed by atoms with Gasteiger partial charge in [-0.05, 0) is 30.9 Å². The smallest absolute Gasteiger partial charge is 0.244 e. The molecule has 0 amide bonds. The summed E-state index contributed by atoms with van der Waals surface area (Å²) >= 11 is 5.73. The number of phenolic OH excluding ortho intramolecular Hbond substituents is 1. The van der Waals surface area contributed by atoms with E-state index in [1.807, 2.05) is 0 Å². The van der Waals surface area contributed by atoms with Gasteiger partial charge in [-0.1, -0.05) is 30.2 Å². The molecule has 1 aromatic rings. The second kappa shape index (κ2) is 5.53. The number of hydrogen-bond acceptors (Lipinski definition) is 3. The van der Waals surface area contributed by atoms with E-state index in [1.54, 1.807) is 6.08 Å². The molecular formula is C13H16ClNO3S. The summed E-state index contributed by atoms with van der Waals surface area (Å²) in [5.74, 6) is -0.137. The van der Waals surface area contributed by atoms with E-state index < -0.39 is 15.8 Å². The highest BCUT2D eigenvalue weighted by Gasteiger charge is 2.30. The number of para-hydroxylation sites is 1. The number of nitrogens with one attached hydrogen (secondary N) is 1. The van der Waals surface area contributed by atoms with Crippen LogP contribution in [0.5, 0.6) is 5.75 Å². The Morgan fingerprint density at radius 3 is 2.68 bits per heavy atom. The minimum absolute atomic E-state index is 0.0154. The summed E-state index contributed by atoms with van der Waals surface area (Å²) in [5, 5.41) is 9.77. The number of rotatable bonds is 5. The van der Waals surface area contributed by atoms with E-state index in [-0.39, 0.29) is 21.9 Å². The topological polar surface area (TPSA) is 66.4 Å². The molecule has 0 bridgehead atoms. The Kier molecular flexibility index (Phi) is 4.18. The first-order valence-electron chi connectivity index (χ1n) is 6.08. The van der Waals surface area contributed by atoms with E-state index in [1.165, 1.54) is 18.2 Å². The molecular weight excluding hydrogens is 286 g/mol. The van der Waals surface area contributed by atoms with Crippen LogP contribution in [0, 0.1) is 5.92 Å². The van der Waals surface area contributed by atoms with Crippen LogP contribution in [0.1, 0.15) is 19.3 Å². The van der Waals surface area contributed by atoms with Gasteiger partial charge in [0.05, 0.1) is 5.02 Å². The van der Waals surface area contributed by atoms with Gasteiger partial charge in [-0.2, -0.15) is 0 Å². The molecule has 4 nitrogen and oxygen atoms in total. The number of benzene rings is 1. The second-order valence-electron chi connectivity index (χ2n) is 4.66. The molecule has 1 atom stereocenters. The lowest BCUT2D eigenvalue weighted by atomic mass is 9.80. The largest absolute Gasteiger partial charge is 0.505 e. The summed E-state index contributed by atoms with van der Waals surface area (Å²) in [6.45, 7) is 3.67. The van der Waals surface area contributed by atoms with Gasteiger partial charge in [0, 0.05) is 6.04 Å². The van der Waals surface area contributed by atoms with Crippen LogP contribution in [0.25, 0.3) is 0 Å². The summed E-state index contributed by atoms with van der Waals surface area (Å²) < 4.78 is 27.0. The summed E-state index contributed by atoms with van der Waals surface area (Å²) in [6.07, 6.45) is 4.68. The molecule has 0 heterocycles. The quantitative estimate of drug-likeness (QED) is 0.822. The van der Waals surface area contributed by atoms with Crippen molar-refractivity contribution in [3.05, 3.63) is 35.9 Å². The van der Waals surface area contributed by atoms with E-state index in [4.69, 9.17) is 11.6 Å². The van der Waals surface area contributed by atoms with E-state index in [0.717, 1.165) is 19.3 Å². The molecule has 1 aromatic carbocycles. The number of hydrogen-bond donors (Lipinski definition) is 2. The van der Waals surface area contributed by atoms with Gasteiger partial charge in [-0.3, -0.25) is 0 Å². The maximum absolute atomic E-state index is 12.2. The van der Waals surface area contributed by atoms with Crippen LogP contribution in [-0.4, -0.2) is 19.6 Å². The van der Waals surface area contributed by atoms with Gasteiger partial charge >= 0.3 is 0 Å². The fourth-order valence-corrected chi connectivity index (χ4v) is 3.72. The normalized spacial score (nSPS) is 17.7. The lowest BCUT2D eigenvalue weighted by molar-refractivity contribution is 0.277. The zero-order valence-electron chi connectivity index (χ0n) is 10.3. The van der Waals surface area contributed by atoms with Gasteiger partial charge in [-0.25, -0.2) is 13.1 Å². The average Bonchev–Trinajstić information content (AvgIpc) is 2.29. The predicted molar refractivity (Wildman–Crippen MR) is 74.8 cm³/mol. The standard InChI is InChI=1S/C13H16ClNO3S/c1-2-11(9-5-3-6-9)15-19(17,18)12-8-4-7-10(14)13(12)16/h2,4,7-9,11,15-16H,1,3,5-6H2. The van der Waals surface area contributed by atoms with Gasteiger partial charge in [0.2, 0.25) is 10.0 Å². The molecule has 2 rings (SSSR count). The second-order valence-corrected chi connectivity index (χ2v) is 6.75. The molecule has 6 heteroatoms. The lowest BCUT2D eigenvalue weighted by Gasteiger charge is -2.32. The summed E-state index contributed by atoms with van der Waals surface area (Å²) in [6, 6.07) is 3.94. The molecule has 19 heavy (non-hydrogen) atoms. The minimum Gasteiger partial charge on any atom is -0.505 e. The third-order valence-corrected chi connectivity index (χ3v) is 5.24. The molecule has 1 aliphatic carbocycles. The number of sulfonamides is 1. The number of phenols is 1. The van der Waals surface area contributed by atoms with Gasteiger partial charge < -0.3 is 5.11 Å². The van der Waals surface area contributed by atoms with Crippen molar-refractivity contribution >= 4 is 21.6 Å². The third-order valence-electron chi connectivity index (χ3n) is 3.44. The van der Waals surface area contributed by atoms with Crippen LogP contribution in [0.4, 0.5) is 0 Å². The highest BCUT2D eigenvalue weighted by Crippen LogP contribution is 2.33. The molecule has 0 aliphatic heterocycles. The maximum Gasteiger partial charge on any atom is 0.244 e. The summed E-state index contributed by atoms with van der Waals surface area (Å²) in [7, 11) is -3.80. The van der Waals surface area contributed by atoms with Gasteiger partial charge in [0.15, 0.2) is 5.75 Å². The third kappa shape index (κ3) is 2.94. The van der Waals surface area contributed by atoms with Gasteiger partial charge in [0.1, 0.15) is 4.90 Å². The van der Waals surface area contributed by atoms with Crippen molar-refractivity contribution in [1.29, 1.82) is 0 Å².